The van der Waals surface area contributed by atoms with Crippen molar-refractivity contribution in [3.05, 3.63) is 71.6 Å². The van der Waals surface area contributed by atoms with Crippen molar-refractivity contribution in [2.75, 3.05) is 0 Å². The van der Waals surface area contributed by atoms with Gasteiger partial charge < -0.3 is 9.84 Å². The van der Waals surface area contributed by atoms with Crippen molar-refractivity contribution in [3.8, 4) is 11.4 Å². The number of nitrogens with one attached hydrogen (secondary N) is 2. The number of hydrogen-bond acceptors (Lipinski definition) is 6. The van der Waals surface area contributed by atoms with Gasteiger partial charge in [0, 0.05) is 16.8 Å². The molecule has 8 nitrogen and oxygen atoms in total. The fourth-order valence-electron chi connectivity index (χ4n) is 2.46. The maximum absolute atomic E-state index is 12.1. The van der Waals surface area contributed by atoms with Gasteiger partial charge in [-0.1, -0.05) is 53.2 Å². The first-order valence-corrected chi connectivity index (χ1v) is 9.06. The Morgan fingerprint density at radius 1 is 1.07 bits per heavy atom. The lowest BCUT2D eigenvalue weighted by Crippen LogP contribution is -2.26. The molecular weight excluding hydrogens is 370 g/mol. The Morgan fingerprint density at radius 2 is 1.79 bits per heavy atom. The van der Waals surface area contributed by atoms with Crippen LogP contribution < -0.4 is 10.7 Å². The van der Waals surface area contributed by atoms with Crippen LogP contribution in [0.3, 0.4) is 0 Å². The van der Waals surface area contributed by atoms with E-state index in [-0.39, 0.29) is 24.8 Å². The molecule has 0 saturated heterocycles. The molecule has 2 aromatic carbocycles. The lowest BCUT2D eigenvalue weighted by atomic mass is 10.1. The zero-order valence-corrected chi connectivity index (χ0v) is 16.2. The average Bonchev–Trinajstić information content (AvgIpc) is 3.21. The van der Waals surface area contributed by atoms with Gasteiger partial charge in [0.2, 0.25) is 17.6 Å². The van der Waals surface area contributed by atoms with Crippen LogP contribution in [0.5, 0.6) is 0 Å². The van der Waals surface area contributed by atoms with Gasteiger partial charge in [-0.25, -0.2) is 5.43 Å². The van der Waals surface area contributed by atoms with Crippen molar-refractivity contribution < 1.29 is 14.1 Å². The maximum Gasteiger partial charge on any atom is 0.271 e. The lowest BCUT2D eigenvalue weighted by Gasteiger charge is -2.04. The van der Waals surface area contributed by atoms with Crippen LogP contribution in [0, 0.1) is 6.92 Å². The summed E-state index contributed by atoms with van der Waals surface area (Å²) in [5, 5.41) is 10.6. The number of hydrazone groups is 1. The second-order valence-corrected chi connectivity index (χ2v) is 6.49. The molecule has 0 radical (unpaired) electrons. The molecule has 2 amide bonds. The maximum atomic E-state index is 12.1. The monoisotopic (exact) mass is 391 g/mol. The molecule has 29 heavy (non-hydrogen) atoms. The summed E-state index contributed by atoms with van der Waals surface area (Å²) in [4.78, 5) is 28.3. The van der Waals surface area contributed by atoms with Gasteiger partial charge in [-0.2, -0.15) is 10.1 Å². The van der Waals surface area contributed by atoms with Crippen LogP contribution in [0.2, 0.25) is 0 Å². The third-order valence-electron chi connectivity index (χ3n) is 4.02. The number of carbonyl (C=O) groups excluding carboxylic acids is 2. The number of carbonyl (C=O) groups is 2. The Hall–Kier alpha value is -3.81. The zero-order chi connectivity index (χ0) is 20.6. The lowest BCUT2D eigenvalue weighted by molar-refractivity contribution is -0.120. The highest BCUT2D eigenvalue weighted by Gasteiger charge is 2.11. The van der Waals surface area contributed by atoms with Gasteiger partial charge in [0.15, 0.2) is 0 Å². The molecule has 0 aliphatic carbocycles. The van der Waals surface area contributed by atoms with Gasteiger partial charge in [0.1, 0.15) is 0 Å². The van der Waals surface area contributed by atoms with Crippen LogP contribution in [0.25, 0.3) is 11.4 Å². The van der Waals surface area contributed by atoms with Gasteiger partial charge in [-0.05, 0) is 26.0 Å². The average molecular weight is 391 g/mol. The Kier molecular flexibility index (Phi) is 6.47. The highest BCUT2D eigenvalue weighted by molar-refractivity contribution is 6.01. The normalized spacial score (nSPS) is 11.2. The molecular formula is C21H21N5O3. The Morgan fingerprint density at radius 3 is 2.52 bits per heavy atom. The summed E-state index contributed by atoms with van der Waals surface area (Å²) >= 11 is 0. The zero-order valence-electron chi connectivity index (χ0n) is 16.2. The largest absolute Gasteiger partial charge is 0.347 e. The SMILES string of the molecule is C/C(CC(=O)NCc1nc(-c2ccccc2)no1)=N\NC(=O)c1ccc(C)cc1. The number of rotatable bonds is 7. The molecule has 148 valence electrons. The van der Waals surface area contributed by atoms with E-state index in [1.54, 1.807) is 19.1 Å². The minimum Gasteiger partial charge on any atom is -0.347 e. The van der Waals surface area contributed by atoms with Crippen molar-refractivity contribution in [2.24, 2.45) is 5.10 Å². The summed E-state index contributed by atoms with van der Waals surface area (Å²) in [7, 11) is 0. The fourth-order valence-corrected chi connectivity index (χ4v) is 2.46. The minimum absolute atomic E-state index is 0.0356. The van der Waals surface area contributed by atoms with Gasteiger partial charge in [0.05, 0.1) is 13.0 Å². The molecule has 0 aliphatic heterocycles. The Balaban J connectivity index is 1.46. The quantitative estimate of drug-likeness (QED) is 0.475. The van der Waals surface area contributed by atoms with Gasteiger partial charge >= 0.3 is 0 Å². The summed E-state index contributed by atoms with van der Waals surface area (Å²) in [5.41, 5.74) is 5.32. The number of amides is 2. The summed E-state index contributed by atoms with van der Waals surface area (Å²) in [6, 6.07) is 16.5. The first kappa shape index (κ1) is 19.9. The van der Waals surface area contributed by atoms with Crippen LogP contribution in [-0.2, 0) is 11.3 Å². The van der Waals surface area contributed by atoms with Crippen LogP contribution in [0.15, 0.2) is 64.2 Å². The molecule has 0 unspecified atom stereocenters. The standard InChI is InChI=1S/C21H21N5O3/c1-14-8-10-17(11-9-14)21(28)25-24-15(2)12-18(27)22-13-19-23-20(26-29-19)16-6-4-3-5-7-16/h3-11H,12-13H2,1-2H3,(H,22,27)(H,25,28)/b24-15+. The summed E-state index contributed by atoms with van der Waals surface area (Å²) in [6.45, 7) is 3.72. The number of aromatic nitrogens is 2. The molecule has 0 atom stereocenters. The van der Waals surface area contributed by atoms with Crippen molar-refractivity contribution in [1.82, 2.24) is 20.9 Å². The molecule has 2 N–H and O–H groups in total. The first-order valence-electron chi connectivity index (χ1n) is 9.06. The number of hydrogen-bond donors (Lipinski definition) is 2. The van der Waals surface area contributed by atoms with E-state index in [1.165, 1.54) is 0 Å². The van der Waals surface area contributed by atoms with Crippen molar-refractivity contribution in [1.29, 1.82) is 0 Å². The molecule has 3 aromatic rings. The second-order valence-electron chi connectivity index (χ2n) is 6.49. The topological polar surface area (TPSA) is 109 Å². The van der Waals surface area contributed by atoms with E-state index >= 15 is 0 Å². The molecule has 8 heteroatoms. The van der Waals surface area contributed by atoms with Crippen LogP contribution in [0.4, 0.5) is 0 Å². The van der Waals surface area contributed by atoms with Gasteiger partial charge in [0.25, 0.3) is 5.91 Å². The number of nitrogens with zero attached hydrogens (tertiary/aromatic N) is 3. The molecule has 0 fully saturated rings. The van der Waals surface area contributed by atoms with Gasteiger partial charge in [-0.15, -0.1) is 0 Å². The molecule has 0 aliphatic rings. The third kappa shape index (κ3) is 5.83. The molecule has 0 spiro atoms. The van der Waals surface area contributed by atoms with E-state index in [1.807, 2.05) is 49.4 Å². The number of aryl methyl sites for hydroxylation is 1. The minimum atomic E-state index is -0.330. The Bertz CT molecular complexity index is 1010. The third-order valence-corrected chi connectivity index (χ3v) is 4.02. The molecule has 0 saturated carbocycles. The van der Waals surface area contributed by atoms with E-state index in [2.05, 4.69) is 26.0 Å². The van der Waals surface area contributed by atoms with Crippen molar-refractivity contribution in [3.63, 3.8) is 0 Å². The van der Waals surface area contributed by atoms with E-state index < -0.39 is 0 Å². The highest BCUT2D eigenvalue weighted by Crippen LogP contribution is 2.14. The van der Waals surface area contributed by atoms with Crippen LogP contribution in [0.1, 0.15) is 35.2 Å². The summed E-state index contributed by atoms with van der Waals surface area (Å²) < 4.78 is 5.15. The van der Waals surface area contributed by atoms with E-state index in [0.717, 1.165) is 11.1 Å². The molecule has 1 heterocycles. The van der Waals surface area contributed by atoms with Gasteiger partial charge in [-0.3, -0.25) is 9.59 Å². The molecule has 1 aromatic heterocycles. The first-order chi connectivity index (χ1) is 14.0. The van der Waals surface area contributed by atoms with Crippen molar-refractivity contribution >= 4 is 17.5 Å². The van der Waals surface area contributed by atoms with E-state index in [4.69, 9.17) is 4.52 Å². The second kappa shape index (κ2) is 9.41. The summed E-state index contributed by atoms with van der Waals surface area (Å²) in [5.74, 6) is 0.172. The predicted molar refractivity (Wildman–Crippen MR) is 108 cm³/mol. The van der Waals surface area contributed by atoms with Crippen LogP contribution in [-0.4, -0.2) is 27.7 Å². The molecule has 3 rings (SSSR count). The van der Waals surface area contributed by atoms with E-state index in [9.17, 15) is 9.59 Å². The summed E-state index contributed by atoms with van der Waals surface area (Å²) in [6.07, 6.45) is 0.0356. The molecule has 0 bridgehead atoms. The van der Waals surface area contributed by atoms with Crippen molar-refractivity contribution in [2.45, 2.75) is 26.8 Å². The number of benzene rings is 2. The Labute approximate surface area is 168 Å². The predicted octanol–water partition coefficient (Wildman–Crippen LogP) is 2.86. The highest BCUT2D eigenvalue weighted by atomic mass is 16.5. The van der Waals surface area contributed by atoms with Crippen LogP contribution >= 0.6 is 0 Å². The smallest absolute Gasteiger partial charge is 0.271 e. The van der Waals surface area contributed by atoms with E-state index in [0.29, 0.717) is 23.0 Å². The fraction of sp³-hybridized carbons (Fsp3) is 0.190.